The molecule has 0 saturated carbocycles. The Bertz CT molecular complexity index is 844. The molecular formula is C19H16N4O. The highest BCUT2D eigenvalue weighted by Gasteiger charge is 2.04. The lowest BCUT2D eigenvalue weighted by molar-refractivity contribution is -0.116. The van der Waals surface area contributed by atoms with Crippen LogP contribution < -0.4 is 5.32 Å². The van der Waals surface area contributed by atoms with E-state index in [1.807, 2.05) is 47.2 Å². The molecule has 0 aliphatic carbocycles. The molecule has 0 bridgehead atoms. The van der Waals surface area contributed by atoms with Crippen molar-refractivity contribution in [1.82, 2.24) is 9.55 Å². The third kappa shape index (κ3) is 3.87. The highest BCUT2D eigenvalue weighted by molar-refractivity contribution is 5.90. The quantitative estimate of drug-likeness (QED) is 0.785. The molecule has 3 aromatic rings. The monoisotopic (exact) mass is 316 g/mol. The van der Waals surface area contributed by atoms with Crippen molar-refractivity contribution in [3.63, 3.8) is 0 Å². The second-order valence-electron chi connectivity index (χ2n) is 5.37. The number of carbonyl (C=O) groups excluding carboxylic acids is 1. The van der Waals surface area contributed by atoms with Crippen LogP contribution in [-0.2, 0) is 11.2 Å². The van der Waals surface area contributed by atoms with Crippen molar-refractivity contribution in [3.05, 3.63) is 78.4 Å². The Labute approximate surface area is 140 Å². The number of aryl methyl sites for hydroxylation is 1. The number of imidazole rings is 1. The van der Waals surface area contributed by atoms with E-state index in [-0.39, 0.29) is 5.91 Å². The van der Waals surface area contributed by atoms with Crippen LogP contribution in [0.1, 0.15) is 17.5 Å². The number of benzene rings is 2. The fraction of sp³-hybridized carbons (Fsp3) is 0.105. The second-order valence-corrected chi connectivity index (χ2v) is 5.37. The van der Waals surface area contributed by atoms with Gasteiger partial charge in [-0.2, -0.15) is 5.26 Å². The third-order valence-corrected chi connectivity index (χ3v) is 3.68. The van der Waals surface area contributed by atoms with Crippen molar-refractivity contribution in [3.8, 4) is 11.8 Å². The maximum Gasteiger partial charge on any atom is 0.224 e. The number of aromatic nitrogens is 2. The van der Waals surface area contributed by atoms with Crippen LogP contribution in [0.4, 0.5) is 5.69 Å². The van der Waals surface area contributed by atoms with Crippen LogP contribution in [0.3, 0.4) is 0 Å². The van der Waals surface area contributed by atoms with Gasteiger partial charge < -0.3 is 9.88 Å². The minimum atomic E-state index is -0.0326. The highest BCUT2D eigenvalue weighted by Crippen LogP contribution is 2.14. The summed E-state index contributed by atoms with van der Waals surface area (Å²) >= 11 is 0. The molecule has 1 heterocycles. The first-order valence-corrected chi connectivity index (χ1v) is 7.62. The van der Waals surface area contributed by atoms with E-state index < -0.39 is 0 Å². The van der Waals surface area contributed by atoms with Gasteiger partial charge in [0.1, 0.15) is 0 Å². The maximum absolute atomic E-state index is 12.0. The summed E-state index contributed by atoms with van der Waals surface area (Å²) in [6, 6.07) is 17.0. The minimum Gasteiger partial charge on any atom is -0.326 e. The second kappa shape index (κ2) is 7.25. The summed E-state index contributed by atoms with van der Waals surface area (Å²) < 4.78 is 1.90. The molecule has 1 N–H and O–H groups in total. The molecule has 0 fully saturated rings. The summed E-state index contributed by atoms with van der Waals surface area (Å²) in [6.07, 6.45) is 6.36. The van der Waals surface area contributed by atoms with E-state index in [0.29, 0.717) is 18.4 Å². The lowest BCUT2D eigenvalue weighted by atomic mass is 10.1. The van der Waals surface area contributed by atoms with E-state index in [0.717, 1.165) is 16.9 Å². The Morgan fingerprint density at radius 3 is 2.50 bits per heavy atom. The van der Waals surface area contributed by atoms with Crippen LogP contribution in [0.2, 0.25) is 0 Å². The molecule has 0 saturated heterocycles. The number of nitrogens with zero attached hydrogens (tertiary/aromatic N) is 3. The highest BCUT2D eigenvalue weighted by atomic mass is 16.1. The molecule has 1 aromatic heterocycles. The number of nitrogens with one attached hydrogen (secondary N) is 1. The van der Waals surface area contributed by atoms with Gasteiger partial charge in [0.2, 0.25) is 5.91 Å². The summed E-state index contributed by atoms with van der Waals surface area (Å²) in [4.78, 5) is 16.1. The molecule has 0 unspecified atom stereocenters. The number of hydrogen-bond donors (Lipinski definition) is 1. The van der Waals surface area contributed by atoms with E-state index in [1.54, 1.807) is 24.7 Å². The van der Waals surface area contributed by atoms with Crippen molar-refractivity contribution < 1.29 is 4.79 Å². The standard InChI is InChI=1S/C19H16N4O/c20-13-16-3-1-15(2-4-16)5-10-19(24)22-17-6-8-18(9-7-17)23-12-11-21-14-23/h1-4,6-9,11-12,14H,5,10H2,(H,22,24). The van der Waals surface area contributed by atoms with Crippen LogP contribution in [-0.4, -0.2) is 15.5 Å². The summed E-state index contributed by atoms with van der Waals surface area (Å²) in [7, 11) is 0. The topological polar surface area (TPSA) is 70.7 Å². The van der Waals surface area contributed by atoms with Crippen molar-refractivity contribution in [2.24, 2.45) is 0 Å². The average molecular weight is 316 g/mol. The van der Waals surface area contributed by atoms with Gasteiger partial charge in [-0.1, -0.05) is 12.1 Å². The molecule has 3 rings (SSSR count). The minimum absolute atomic E-state index is 0.0326. The van der Waals surface area contributed by atoms with Crippen LogP contribution in [0, 0.1) is 11.3 Å². The molecule has 0 aliphatic heterocycles. The largest absolute Gasteiger partial charge is 0.326 e. The number of amides is 1. The van der Waals surface area contributed by atoms with E-state index in [2.05, 4.69) is 16.4 Å². The van der Waals surface area contributed by atoms with Crippen LogP contribution in [0.5, 0.6) is 0 Å². The van der Waals surface area contributed by atoms with Crippen LogP contribution in [0.15, 0.2) is 67.3 Å². The number of nitriles is 1. The van der Waals surface area contributed by atoms with Crippen molar-refractivity contribution in [2.75, 3.05) is 5.32 Å². The normalized spacial score (nSPS) is 10.1. The van der Waals surface area contributed by atoms with E-state index in [4.69, 9.17) is 5.26 Å². The average Bonchev–Trinajstić information content (AvgIpc) is 3.16. The lowest BCUT2D eigenvalue weighted by Crippen LogP contribution is -2.12. The maximum atomic E-state index is 12.0. The van der Waals surface area contributed by atoms with E-state index in [1.165, 1.54) is 0 Å². The Morgan fingerprint density at radius 1 is 1.12 bits per heavy atom. The van der Waals surface area contributed by atoms with E-state index >= 15 is 0 Å². The molecule has 1 amide bonds. The first-order valence-electron chi connectivity index (χ1n) is 7.62. The molecule has 5 heteroatoms. The fourth-order valence-electron chi connectivity index (χ4n) is 2.36. The first kappa shape index (κ1) is 15.5. The van der Waals surface area contributed by atoms with Gasteiger partial charge in [-0.05, 0) is 48.4 Å². The Kier molecular flexibility index (Phi) is 4.68. The smallest absolute Gasteiger partial charge is 0.224 e. The molecule has 0 atom stereocenters. The molecule has 2 aromatic carbocycles. The number of rotatable bonds is 5. The van der Waals surface area contributed by atoms with Gasteiger partial charge >= 0.3 is 0 Å². The summed E-state index contributed by atoms with van der Waals surface area (Å²) in [5.74, 6) is -0.0326. The molecule has 0 spiro atoms. The van der Waals surface area contributed by atoms with Crippen LogP contribution >= 0.6 is 0 Å². The Hall–Kier alpha value is -3.39. The summed E-state index contributed by atoms with van der Waals surface area (Å²) in [6.45, 7) is 0. The van der Waals surface area contributed by atoms with Gasteiger partial charge in [0, 0.05) is 30.2 Å². The molecular weight excluding hydrogens is 300 g/mol. The molecule has 5 nitrogen and oxygen atoms in total. The zero-order valence-corrected chi connectivity index (χ0v) is 13.0. The number of hydrogen-bond acceptors (Lipinski definition) is 3. The summed E-state index contributed by atoms with van der Waals surface area (Å²) in [5, 5.41) is 11.7. The van der Waals surface area contributed by atoms with E-state index in [9.17, 15) is 4.79 Å². The predicted molar refractivity (Wildman–Crippen MR) is 91.7 cm³/mol. The van der Waals surface area contributed by atoms with Gasteiger partial charge in [-0.15, -0.1) is 0 Å². The van der Waals surface area contributed by atoms with Crippen molar-refractivity contribution in [1.29, 1.82) is 5.26 Å². The zero-order valence-electron chi connectivity index (χ0n) is 13.0. The molecule has 0 aliphatic rings. The van der Waals surface area contributed by atoms with Crippen molar-refractivity contribution in [2.45, 2.75) is 12.8 Å². The van der Waals surface area contributed by atoms with Crippen molar-refractivity contribution >= 4 is 11.6 Å². The van der Waals surface area contributed by atoms with Gasteiger partial charge in [0.05, 0.1) is 18.0 Å². The van der Waals surface area contributed by atoms with Gasteiger partial charge in [-0.3, -0.25) is 4.79 Å². The zero-order chi connectivity index (χ0) is 16.8. The first-order chi connectivity index (χ1) is 11.7. The molecule has 24 heavy (non-hydrogen) atoms. The molecule has 118 valence electrons. The SMILES string of the molecule is N#Cc1ccc(CCC(=O)Nc2ccc(-n3ccnc3)cc2)cc1. The predicted octanol–water partition coefficient (Wildman–Crippen LogP) is 3.32. The Morgan fingerprint density at radius 2 is 1.88 bits per heavy atom. The summed E-state index contributed by atoms with van der Waals surface area (Å²) in [5.41, 5.74) is 3.42. The number of carbonyl (C=O) groups is 1. The third-order valence-electron chi connectivity index (χ3n) is 3.68. The lowest BCUT2D eigenvalue weighted by Gasteiger charge is -2.07. The molecule has 0 radical (unpaired) electrons. The number of anilines is 1. The van der Waals surface area contributed by atoms with Crippen LogP contribution in [0.25, 0.3) is 5.69 Å². The van der Waals surface area contributed by atoms with Gasteiger partial charge in [0.25, 0.3) is 0 Å². The van der Waals surface area contributed by atoms with Gasteiger partial charge in [-0.25, -0.2) is 4.98 Å². The Balaban J connectivity index is 1.53. The fourth-order valence-corrected chi connectivity index (χ4v) is 2.36. The van der Waals surface area contributed by atoms with Gasteiger partial charge in [0.15, 0.2) is 0 Å².